The van der Waals surface area contributed by atoms with Gasteiger partial charge in [-0.05, 0) is 36.3 Å². The Bertz CT molecular complexity index is 460. The molecular formula is C17H28O2. The van der Waals surface area contributed by atoms with Gasteiger partial charge in [0.25, 0.3) is 0 Å². The molecule has 0 heterocycles. The second-order valence-electron chi connectivity index (χ2n) is 7.20. The van der Waals surface area contributed by atoms with Gasteiger partial charge >= 0.3 is 0 Å². The number of rotatable bonds is 2. The number of ether oxygens (including phenoxy) is 1. The fourth-order valence-corrected chi connectivity index (χ4v) is 2.54. The van der Waals surface area contributed by atoms with Crippen LogP contribution in [0.1, 0.15) is 65.2 Å². The number of aromatic hydroxyl groups is 1. The zero-order chi connectivity index (χ0) is 15.0. The summed E-state index contributed by atoms with van der Waals surface area (Å²) in [6.45, 7) is 17.3. The maximum Gasteiger partial charge on any atom is 0.123 e. The van der Waals surface area contributed by atoms with E-state index >= 15 is 0 Å². The zero-order valence-corrected chi connectivity index (χ0v) is 13.6. The highest BCUT2D eigenvalue weighted by Gasteiger charge is 2.29. The summed E-state index contributed by atoms with van der Waals surface area (Å²) in [5.41, 5.74) is 2.76. The summed E-state index contributed by atoms with van der Waals surface area (Å²) in [5, 5.41) is 10.7. The molecule has 1 rings (SSSR count). The van der Waals surface area contributed by atoms with E-state index in [1.165, 1.54) is 0 Å². The standard InChI is InChI=1S/C17H28O2/c1-9-19-13-10-12(16(3,4)5)15(18)14(11(13)2)17(6,7)8/h10,18H,9H2,1-8H3. The Morgan fingerprint density at radius 2 is 1.58 bits per heavy atom. The molecule has 1 aromatic rings. The molecule has 2 nitrogen and oxygen atoms in total. The molecule has 19 heavy (non-hydrogen) atoms. The van der Waals surface area contributed by atoms with Gasteiger partial charge in [0.1, 0.15) is 11.5 Å². The molecule has 0 spiro atoms. The summed E-state index contributed by atoms with van der Waals surface area (Å²) in [6, 6.07) is 1.99. The van der Waals surface area contributed by atoms with Crippen LogP contribution in [-0.2, 0) is 10.8 Å². The second-order valence-corrected chi connectivity index (χ2v) is 7.20. The van der Waals surface area contributed by atoms with E-state index in [0.29, 0.717) is 12.4 Å². The Kier molecular flexibility index (Phi) is 4.23. The van der Waals surface area contributed by atoms with E-state index in [1.807, 2.05) is 19.9 Å². The summed E-state index contributed by atoms with van der Waals surface area (Å²) in [5.74, 6) is 1.30. The molecule has 0 amide bonds. The first-order chi connectivity index (χ1) is 8.50. The van der Waals surface area contributed by atoms with Crippen molar-refractivity contribution in [1.29, 1.82) is 0 Å². The number of hydrogen-bond acceptors (Lipinski definition) is 2. The van der Waals surface area contributed by atoms with Gasteiger partial charge in [-0.1, -0.05) is 41.5 Å². The molecule has 0 aliphatic heterocycles. The lowest BCUT2D eigenvalue weighted by Gasteiger charge is -2.30. The SMILES string of the molecule is CCOc1cc(C(C)(C)C)c(O)c(C(C)(C)C)c1C. The van der Waals surface area contributed by atoms with Gasteiger partial charge in [-0.2, -0.15) is 0 Å². The molecule has 1 N–H and O–H groups in total. The minimum atomic E-state index is -0.110. The highest BCUT2D eigenvalue weighted by Crippen LogP contribution is 2.44. The maximum atomic E-state index is 10.7. The van der Waals surface area contributed by atoms with Crippen molar-refractivity contribution in [2.75, 3.05) is 6.61 Å². The molecule has 0 saturated heterocycles. The summed E-state index contributed by atoms with van der Waals surface area (Å²) >= 11 is 0. The van der Waals surface area contributed by atoms with E-state index in [-0.39, 0.29) is 10.8 Å². The van der Waals surface area contributed by atoms with Gasteiger partial charge in [0.2, 0.25) is 0 Å². The quantitative estimate of drug-likeness (QED) is 0.839. The molecule has 2 heteroatoms. The maximum absolute atomic E-state index is 10.7. The molecule has 0 aliphatic carbocycles. The second kappa shape index (κ2) is 5.07. The van der Waals surface area contributed by atoms with E-state index < -0.39 is 0 Å². The Morgan fingerprint density at radius 3 is 1.95 bits per heavy atom. The van der Waals surface area contributed by atoms with Gasteiger partial charge in [-0.25, -0.2) is 0 Å². The number of benzene rings is 1. The zero-order valence-electron chi connectivity index (χ0n) is 13.6. The molecule has 0 saturated carbocycles. The Morgan fingerprint density at radius 1 is 1.05 bits per heavy atom. The van der Waals surface area contributed by atoms with Gasteiger partial charge in [0, 0.05) is 11.1 Å². The van der Waals surface area contributed by atoms with Crippen LogP contribution in [0.4, 0.5) is 0 Å². The predicted molar refractivity (Wildman–Crippen MR) is 81.4 cm³/mol. The van der Waals surface area contributed by atoms with Crippen molar-refractivity contribution in [3.05, 3.63) is 22.8 Å². The first kappa shape index (κ1) is 15.9. The molecule has 0 bridgehead atoms. The van der Waals surface area contributed by atoms with Crippen molar-refractivity contribution in [2.45, 2.75) is 66.2 Å². The smallest absolute Gasteiger partial charge is 0.123 e. The topological polar surface area (TPSA) is 29.5 Å². The Balaban J connectivity index is 3.66. The lowest BCUT2D eigenvalue weighted by atomic mass is 9.77. The highest BCUT2D eigenvalue weighted by atomic mass is 16.5. The number of hydrogen-bond donors (Lipinski definition) is 1. The van der Waals surface area contributed by atoms with Gasteiger partial charge in [0.15, 0.2) is 0 Å². The predicted octanol–water partition coefficient (Wildman–Crippen LogP) is 4.69. The third-order valence-corrected chi connectivity index (χ3v) is 3.37. The van der Waals surface area contributed by atoms with E-state index in [9.17, 15) is 5.11 Å². The summed E-state index contributed by atoms with van der Waals surface area (Å²) in [7, 11) is 0. The van der Waals surface area contributed by atoms with Gasteiger partial charge in [-0.3, -0.25) is 0 Å². The van der Waals surface area contributed by atoms with Gasteiger partial charge < -0.3 is 9.84 Å². The minimum Gasteiger partial charge on any atom is -0.507 e. The van der Waals surface area contributed by atoms with E-state index in [0.717, 1.165) is 22.4 Å². The monoisotopic (exact) mass is 264 g/mol. The van der Waals surface area contributed by atoms with Crippen molar-refractivity contribution in [3.63, 3.8) is 0 Å². The Labute approximate surface area is 117 Å². The number of phenols is 1. The van der Waals surface area contributed by atoms with Crippen LogP contribution in [0.25, 0.3) is 0 Å². The fourth-order valence-electron chi connectivity index (χ4n) is 2.54. The minimum absolute atomic E-state index is 0.108. The first-order valence-corrected chi connectivity index (χ1v) is 7.00. The third kappa shape index (κ3) is 3.23. The molecule has 0 radical (unpaired) electrons. The van der Waals surface area contributed by atoms with Crippen molar-refractivity contribution in [2.24, 2.45) is 0 Å². The summed E-state index contributed by atoms with van der Waals surface area (Å²) in [6.07, 6.45) is 0. The largest absolute Gasteiger partial charge is 0.507 e. The van der Waals surface area contributed by atoms with Crippen molar-refractivity contribution in [1.82, 2.24) is 0 Å². The van der Waals surface area contributed by atoms with E-state index in [2.05, 4.69) is 41.5 Å². The van der Waals surface area contributed by atoms with Gasteiger partial charge in [-0.15, -0.1) is 0 Å². The molecule has 0 aliphatic rings. The van der Waals surface area contributed by atoms with Crippen molar-refractivity contribution in [3.8, 4) is 11.5 Å². The molecule has 0 fully saturated rings. The van der Waals surface area contributed by atoms with E-state index in [4.69, 9.17) is 4.74 Å². The summed E-state index contributed by atoms with van der Waals surface area (Å²) < 4.78 is 5.75. The lowest BCUT2D eigenvalue weighted by Crippen LogP contribution is -2.19. The van der Waals surface area contributed by atoms with Crippen LogP contribution in [0.3, 0.4) is 0 Å². The lowest BCUT2D eigenvalue weighted by molar-refractivity contribution is 0.332. The first-order valence-electron chi connectivity index (χ1n) is 7.00. The average molecular weight is 264 g/mol. The van der Waals surface area contributed by atoms with Crippen LogP contribution in [0.5, 0.6) is 11.5 Å². The Hall–Kier alpha value is -1.18. The van der Waals surface area contributed by atoms with Crippen molar-refractivity contribution >= 4 is 0 Å². The molecule has 108 valence electrons. The third-order valence-electron chi connectivity index (χ3n) is 3.37. The summed E-state index contributed by atoms with van der Waals surface area (Å²) in [4.78, 5) is 0. The number of phenolic OH excluding ortho intramolecular Hbond substituents is 1. The van der Waals surface area contributed by atoms with Crippen LogP contribution in [0.15, 0.2) is 6.07 Å². The van der Waals surface area contributed by atoms with Gasteiger partial charge in [0.05, 0.1) is 6.61 Å². The normalized spacial score (nSPS) is 12.6. The highest BCUT2D eigenvalue weighted by molar-refractivity contribution is 5.57. The van der Waals surface area contributed by atoms with E-state index in [1.54, 1.807) is 0 Å². The van der Waals surface area contributed by atoms with Crippen LogP contribution >= 0.6 is 0 Å². The molecular weight excluding hydrogens is 236 g/mol. The van der Waals surface area contributed by atoms with Crippen LogP contribution in [0, 0.1) is 6.92 Å². The molecule has 1 aromatic carbocycles. The van der Waals surface area contributed by atoms with Crippen LogP contribution in [-0.4, -0.2) is 11.7 Å². The van der Waals surface area contributed by atoms with Crippen molar-refractivity contribution < 1.29 is 9.84 Å². The van der Waals surface area contributed by atoms with Crippen LogP contribution in [0.2, 0.25) is 0 Å². The fraction of sp³-hybridized carbons (Fsp3) is 0.647. The average Bonchev–Trinajstić information content (AvgIpc) is 2.18. The van der Waals surface area contributed by atoms with Crippen LogP contribution < -0.4 is 4.74 Å². The molecule has 0 atom stereocenters. The molecule has 0 unspecified atom stereocenters. The molecule has 0 aromatic heterocycles.